The van der Waals surface area contributed by atoms with Crippen LogP contribution in [0.5, 0.6) is 0 Å². The molecule has 3 N–H and O–H groups in total. The first-order valence-corrected chi connectivity index (χ1v) is 6.71. The van der Waals surface area contributed by atoms with Crippen LogP contribution in [0, 0.1) is 0 Å². The molecule has 5 nitrogen and oxygen atoms in total. The molecular formula is C12H16N2O3S. The molecule has 0 saturated heterocycles. The van der Waals surface area contributed by atoms with Crippen molar-refractivity contribution < 1.29 is 14.3 Å². The molecule has 6 heteroatoms. The highest BCUT2D eigenvalue weighted by molar-refractivity contribution is 7.98. The van der Waals surface area contributed by atoms with Gasteiger partial charge in [-0.3, -0.25) is 4.79 Å². The fourth-order valence-corrected chi connectivity index (χ4v) is 1.91. The topological polar surface area (TPSA) is 81.4 Å². The number of ether oxygens (including phenoxy) is 1. The molecule has 0 heterocycles. The predicted molar refractivity (Wildman–Crippen MR) is 72.5 cm³/mol. The molecule has 1 atom stereocenters. The molecule has 1 rings (SSSR count). The van der Waals surface area contributed by atoms with Crippen molar-refractivity contribution in [2.24, 2.45) is 0 Å². The summed E-state index contributed by atoms with van der Waals surface area (Å²) in [6.07, 6.45) is 1.85. The maximum absolute atomic E-state index is 11.9. The Morgan fingerprint density at radius 3 is 2.50 bits per heavy atom. The van der Waals surface area contributed by atoms with E-state index in [1.54, 1.807) is 24.3 Å². The van der Waals surface area contributed by atoms with Crippen LogP contribution >= 0.6 is 11.8 Å². The molecule has 0 aliphatic carbocycles. The Labute approximate surface area is 110 Å². The zero-order chi connectivity index (χ0) is 13.5. The van der Waals surface area contributed by atoms with Gasteiger partial charge in [0.25, 0.3) is 5.91 Å². The number of carbonyl (C=O) groups excluding carboxylic acids is 2. The highest BCUT2D eigenvalue weighted by Crippen LogP contribution is 2.07. The van der Waals surface area contributed by atoms with Gasteiger partial charge in [-0.2, -0.15) is 11.8 Å². The van der Waals surface area contributed by atoms with Gasteiger partial charge in [0, 0.05) is 17.0 Å². The number of nitrogen functional groups attached to an aromatic ring is 1. The number of amides is 1. The highest BCUT2D eigenvalue weighted by atomic mass is 32.2. The SMILES string of the molecule is COC(=O)C(CSC)NC(=O)c1ccc(N)cc1. The van der Waals surface area contributed by atoms with E-state index < -0.39 is 12.0 Å². The molecule has 0 aliphatic rings. The molecule has 0 spiro atoms. The van der Waals surface area contributed by atoms with E-state index in [1.807, 2.05) is 6.26 Å². The Balaban J connectivity index is 2.71. The number of hydrogen-bond acceptors (Lipinski definition) is 5. The second-order valence-corrected chi connectivity index (χ2v) is 4.54. The van der Waals surface area contributed by atoms with Crippen LogP contribution < -0.4 is 11.1 Å². The van der Waals surface area contributed by atoms with Gasteiger partial charge in [0.05, 0.1) is 7.11 Å². The van der Waals surface area contributed by atoms with E-state index in [1.165, 1.54) is 18.9 Å². The summed E-state index contributed by atoms with van der Waals surface area (Å²) in [4.78, 5) is 23.3. The van der Waals surface area contributed by atoms with Gasteiger partial charge < -0.3 is 15.8 Å². The molecule has 0 aromatic heterocycles. The Bertz CT molecular complexity index is 420. The first-order chi connectivity index (χ1) is 8.58. The van der Waals surface area contributed by atoms with Crippen molar-refractivity contribution in [2.75, 3.05) is 24.9 Å². The first kappa shape index (κ1) is 14.4. The fraction of sp³-hybridized carbons (Fsp3) is 0.333. The molecule has 1 aromatic carbocycles. The summed E-state index contributed by atoms with van der Waals surface area (Å²) in [7, 11) is 1.30. The standard InChI is InChI=1S/C12H16N2O3S/c1-17-12(16)10(7-18-2)14-11(15)8-3-5-9(13)6-4-8/h3-6,10H,7,13H2,1-2H3,(H,14,15). The minimum Gasteiger partial charge on any atom is -0.467 e. The molecule has 1 unspecified atom stereocenters. The molecule has 98 valence electrons. The predicted octanol–water partition coefficient (Wildman–Crippen LogP) is 0.903. The van der Waals surface area contributed by atoms with Crippen LogP contribution in [0.2, 0.25) is 0 Å². The number of rotatable bonds is 5. The fourth-order valence-electron chi connectivity index (χ4n) is 1.35. The van der Waals surface area contributed by atoms with Crippen molar-refractivity contribution in [1.82, 2.24) is 5.32 Å². The summed E-state index contributed by atoms with van der Waals surface area (Å²) in [6, 6.07) is 5.85. The zero-order valence-electron chi connectivity index (χ0n) is 10.3. The van der Waals surface area contributed by atoms with E-state index in [9.17, 15) is 9.59 Å². The summed E-state index contributed by atoms with van der Waals surface area (Å²) >= 11 is 1.46. The molecule has 1 amide bonds. The van der Waals surface area contributed by atoms with Gasteiger partial charge in [-0.1, -0.05) is 0 Å². The van der Waals surface area contributed by atoms with Gasteiger partial charge in [0.1, 0.15) is 6.04 Å². The third-order valence-corrected chi connectivity index (χ3v) is 2.96. The second kappa shape index (κ2) is 6.90. The third-order valence-electron chi connectivity index (χ3n) is 2.30. The van der Waals surface area contributed by atoms with E-state index in [2.05, 4.69) is 10.1 Å². The monoisotopic (exact) mass is 268 g/mol. The highest BCUT2D eigenvalue weighted by Gasteiger charge is 2.21. The van der Waals surface area contributed by atoms with Gasteiger partial charge in [-0.25, -0.2) is 4.79 Å². The van der Waals surface area contributed by atoms with Gasteiger partial charge in [-0.05, 0) is 30.5 Å². The number of esters is 1. The van der Waals surface area contributed by atoms with Gasteiger partial charge in [-0.15, -0.1) is 0 Å². The zero-order valence-corrected chi connectivity index (χ0v) is 11.1. The van der Waals surface area contributed by atoms with Crippen molar-refractivity contribution in [2.45, 2.75) is 6.04 Å². The Kier molecular flexibility index (Phi) is 5.51. The lowest BCUT2D eigenvalue weighted by Crippen LogP contribution is -2.43. The van der Waals surface area contributed by atoms with E-state index >= 15 is 0 Å². The van der Waals surface area contributed by atoms with Gasteiger partial charge in [0.15, 0.2) is 0 Å². The van der Waals surface area contributed by atoms with Crippen LogP contribution in [-0.2, 0) is 9.53 Å². The summed E-state index contributed by atoms with van der Waals surface area (Å²) < 4.78 is 4.63. The van der Waals surface area contributed by atoms with E-state index in [4.69, 9.17) is 5.73 Å². The van der Waals surface area contributed by atoms with Crippen molar-refractivity contribution in [3.8, 4) is 0 Å². The minimum absolute atomic E-state index is 0.320. The number of benzene rings is 1. The number of nitrogens with one attached hydrogen (secondary N) is 1. The lowest BCUT2D eigenvalue weighted by molar-refractivity contribution is -0.142. The van der Waals surface area contributed by atoms with E-state index in [-0.39, 0.29) is 5.91 Å². The van der Waals surface area contributed by atoms with Crippen molar-refractivity contribution in [3.05, 3.63) is 29.8 Å². The van der Waals surface area contributed by atoms with Crippen molar-refractivity contribution in [1.29, 1.82) is 0 Å². The van der Waals surface area contributed by atoms with Crippen molar-refractivity contribution in [3.63, 3.8) is 0 Å². The summed E-state index contributed by atoms with van der Waals surface area (Å²) in [5.74, 6) is -0.305. The van der Waals surface area contributed by atoms with Crippen LogP contribution in [0.4, 0.5) is 5.69 Å². The molecule has 0 fully saturated rings. The van der Waals surface area contributed by atoms with Crippen LogP contribution in [0.1, 0.15) is 10.4 Å². The number of anilines is 1. The summed E-state index contributed by atoms with van der Waals surface area (Å²) in [5, 5.41) is 2.63. The molecule has 0 bridgehead atoms. The van der Waals surface area contributed by atoms with Crippen LogP contribution in [0.25, 0.3) is 0 Å². The Morgan fingerprint density at radius 2 is 2.00 bits per heavy atom. The molecule has 0 radical (unpaired) electrons. The molecule has 18 heavy (non-hydrogen) atoms. The maximum Gasteiger partial charge on any atom is 0.329 e. The Morgan fingerprint density at radius 1 is 1.39 bits per heavy atom. The molecule has 0 aliphatic heterocycles. The van der Waals surface area contributed by atoms with E-state index in [0.717, 1.165) is 0 Å². The second-order valence-electron chi connectivity index (χ2n) is 3.63. The average Bonchev–Trinajstić information content (AvgIpc) is 2.38. The normalized spacial score (nSPS) is 11.7. The van der Waals surface area contributed by atoms with Crippen LogP contribution in [-0.4, -0.2) is 37.0 Å². The van der Waals surface area contributed by atoms with Gasteiger partial charge >= 0.3 is 5.97 Å². The average molecular weight is 268 g/mol. The number of thioether (sulfide) groups is 1. The van der Waals surface area contributed by atoms with Crippen LogP contribution in [0.3, 0.4) is 0 Å². The smallest absolute Gasteiger partial charge is 0.329 e. The lowest BCUT2D eigenvalue weighted by atomic mass is 10.2. The first-order valence-electron chi connectivity index (χ1n) is 5.31. The maximum atomic E-state index is 11.9. The molecular weight excluding hydrogens is 252 g/mol. The van der Waals surface area contributed by atoms with Gasteiger partial charge in [0.2, 0.25) is 0 Å². The Hall–Kier alpha value is -1.69. The third kappa shape index (κ3) is 3.96. The quantitative estimate of drug-likeness (QED) is 0.612. The van der Waals surface area contributed by atoms with Crippen LogP contribution in [0.15, 0.2) is 24.3 Å². The molecule has 0 saturated carbocycles. The van der Waals surface area contributed by atoms with Crippen molar-refractivity contribution >= 4 is 29.3 Å². The molecule has 1 aromatic rings. The number of methoxy groups -OCH3 is 1. The minimum atomic E-state index is -0.643. The summed E-state index contributed by atoms with van der Waals surface area (Å²) in [6.45, 7) is 0. The lowest BCUT2D eigenvalue weighted by Gasteiger charge is -2.15. The number of hydrogen-bond donors (Lipinski definition) is 2. The largest absolute Gasteiger partial charge is 0.467 e. The summed E-state index contributed by atoms with van der Waals surface area (Å²) in [5.41, 5.74) is 6.58. The van der Waals surface area contributed by atoms with E-state index in [0.29, 0.717) is 17.0 Å². The number of nitrogens with two attached hydrogens (primary N) is 1. The number of carbonyl (C=O) groups is 2.